The summed E-state index contributed by atoms with van der Waals surface area (Å²) in [5.74, 6) is 0.983. The summed E-state index contributed by atoms with van der Waals surface area (Å²) in [6, 6.07) is 2.25. The molecule has 1 amide bonds. The molecule has 3 rings (SSSR count). The van der Waals surface area contributed by atoms with E-state index in [0.29, 0.717) is 40.4 Å². The van der Waals surface area contributed by atoms with Crippen molar-refractivity contribution >= 4 is 28.7 Å². The topological polar surface area (TPSA) is 71.0 Å². The number of likely N-dealkylation sites (tertiary alicyclic amines) is 1. The summed E-state index contributed by atoms with van der Waals surface area (Å²) >= 11 is 1.40. The van der Waals surface area contributed by atoms with Gasteiger partial charge in [0.2, 0.25) is 5.91 Å². The van der Waals surface area contributed by atoms with E-state index >= 15 is 0 Å². The van der Waals surface area contributed by atoms with Gasteiger partial charge in [-0.2, -0.15) is 0 Å². The minimum absolute atomic E-state index is 0.0434. The van der Waals surface area contributed by atoms with Crippen LogP contribution in [0.4, 0.5) is 0 Å². The molecule has 3 heterocycles. The molecule has 0 bridgehead atoms. The zero-order chi connectivity index (χ0) is 20.3. The monoisotopic (exact) mass is 404 g/mol. The molecule has 1 unspecified atom stereocenters. The molecule has 2 aromatic heterocycles. The number of nitrogens with one attached hydrogen (secondary N) is 1. The first-order valence-corrected chi connectivity index (χ1v) is 11.4. The molecule has 1 aliphatic heterocycles. The average molecular weight is 405 g/mol. The lowest BCUT2D eigenvalue weighted by Crippen LogP contribution is -2.44. The maximum Gasteiger partial charge on any atom is 0.278 e. The van der Waals surface area contributed by atoms with Crippen molar-refractivity contribution in [3.8, 4) is 0 Å². The first kappa shape index (κ1) is 21.0. The van der Waals surface area contributed by atoms with Gasteiger partial charge in [0.15, 0.2) is 5.16 Å². The molecule has 0 radical (unpaired) electrons. The van der Waals surface area contributed by atoms with E-state index in [0.717, 1.165) is 37.9 Å². The number of fused-ring (bicyclic) bond motifs is 1. The molecule has 0 spiro atoms. The number of nitrogens with zero attached hydrogens (tertiary/aromatic N) is 3. The summed E-state index contributed by atoms with van der Waals surface area (Å²) in [4.78, 5) is 35.7. The summed E-state index contributed by atoms with van der Waals surface area (Å²) in [7, 11) is 0. The first-order valence-electron chi connectivity index (χ1n) is 10.4. The van der Waals surface area contributed by atoms with Crippen molar-refractivity contribution in [1.82, 2.24) is 19.4 Å². The molecule has 1 N–H and O–H groups in total. The number of aromatic nitrogens is 3. The predicted molar refractivity (Wildman–Crippen MR) is 115 cm³/mol. The molecule has 7 heteroatoms. The van der Waals surface area contributed by atoms with Gasteiger partial charge in [0.25, 0.3) is 5.56 Å². The molecule has 1 saturated heterocycles. The van der Waals surface area contributed by atoms with Crippen molar-refractivity contribution in [2.75, 3.05) is 12.3 Å². The normalized spacial score (nSPS) is 17.6. The maximum absolute atomic E-state index is 13.0. The van der Waals surface area contributed by atoms with Gasteiger partial charge in [-0.1, -0.05) is 32.5 Å². The Balaban J connectivity index is 1.83. The van der Waals surface area contributed by atoms with Gasteiger partial charge in [-0.25, -0.2) is 4.98 Å². The molecular formula is C21H32N4O2S. The molecular weight excluding hydrogens is 372 g/mol. The fraction of sp³-hybridized carbons (Fsp3) is 0.667. The third kappa shape index (κ3) is 4.62. The minimum Gasteiger partial charge on any atom is -0.353 e. The summed E-state index contributed by atoms with van der Waals surface area (Å²) in [6.07, 6.45) is 5.29. The molecule has 6 nitrogen and oxygen atoms in total. The molecule has 1 aliphatic rings. The van der Waals surface area contributed by atoms with E-state index in [1.165, 1.54) is 18.2 Å². The van der Waals surface area contributed by atoms with Gasteiger partial charge in [0.1, 0.15) is 5.52 Å². The van der Waals surface area contributed by atoms with E-state index in [1.54, 1.807) is 4.57 Å². The van der Waals surface area contributed by atoms with Gasteiger partial charge in [-0.05, 0) is 51.0 Å². The number of thioether (sulfide) groups is 1. The Morgan fingerprint density at radius 1 is 1.39 bits per heavy atom. The van der Waals surface area contributed by atoms with Crippen LogP contribution in [0.5, 0.6) is 0 Å². The fourth-order valence-electron chi connectivity index (χ4n) is 3.87. The third-order valence-corrected chi connectivity index (χ3v) is 6.47. The van der Waals surface area contributed by atoms with Crippen LogP contribution in [0.2, 0.25) is 0 Å². The lowest BCUT2D eigenvalue weighted by atomic mass is 10.0. The number of piperidine rings is 1. The number of carbonyl (C=O) groups is 1. The Kier molecular flexibility index (Phi) is 6.86. The number of hydrogen-bond acceptors (Lipinski definition) is 4. The van der Waals surface area contributed by atoms with Crippen LogP contribution in [0.15, 0.2) is 16.0 Å². The number of amides is 1. The van der Waals surface area contributed by atoms with Gasteiger partial charge < -0.3 is 9.88 Å². The Labute approximate surface area is 171 Å². The smallest absolute Gasteiger partial charge is 0.278 e. The number of aryl methyl sites for hydroxylation is 1. The van der Waals surface area contributed by atoms with Crippen LogP contribution in [0.25, 0.3) is 11.0 Å². The first-order chi connectivity index (χ1) is 13.4. The van der Waals surface area contributed by atoms with Crippen LogP contribution in [0.1, 0.15) is 58.6 Å². The van der Waals surface area contributed by atoms with Crippen molar-refractivity contribution < 1.29 is 4.79 Å². The number of H-pyrrole nitrogens is 1. The summed E-state index contributed by atoms with van der Waals surface area (Å²) in [5.41, 5.74) is 2.12. The van der Waals surface area contributed by atoms with Crippen molar-refractivity contribution in [1.29, 1.82) is 0 Å². The number of rotatable bonds is 7. The third-order valence-electron chi connectivity index (χ3n) is 5.51. The zero-order valence-corrected chi connectivity index (χ0v) is 18.3. The highest BCUT2D eigenvalue weighted by molar-refractivity contribution is 7.99. The van der Waals surface area contributed by atoms with Gasteiger partial charge in [0.05, 0.1) is 11.3 Å². The SMILES string of the molecule is CCC1CCCCN1C(=O)CSc1nc2cc(C)[nH]c2c(=O)n1CCC(C)C. The van der Waals surface area contributed by atoms with Gasteiger partial charge in [-0.15, -0.1) is 0 Å². The Bertz CT molecular complexity index is 886. The highest BCUT2D eigenvalue weighted by Crippen LogP contribution is 2.23. The second-order valence-electron chi connectivity index (χ2n) is 8.18. The highest BCUT2D eigenvalue weighted by Gasteiger charge is 2.25. The van der Waals surface area contributed by atoms with E-state index in [9.17, 15) is 9.59 Å². The Morgan fingerprint density at radius 2 is 2.18 bits per heavy atom. The number of carbonyl (C=O) groups excluding carboxylic acids is 1. The van der Waals surface area contributed by atoms with E-state index < -0.39 is 0 Å². The Morgan fingerprint density at radius 3 is 2.89 bits per heavy atom. The van der Waals surface area contributed by atoms with Gasteiger partial charge in [-0.3, -0.25) is 14.2 Å². The van der Waals surface area contributed by atoms with Crippen LogP contribution < -0.4 is 5.56 Å². The average Bonchev–Trinajstić information content (AvgIpc) is 3.05. The second-order valence-corrected chi connectivity index (χ2v) is 9.12. The van der Waals surface area contributed by atoms with Crippen molar-refractivity contribution in [2.45, 2.75) is 77.5 Å². The molecule has 0 aromatic carbocycles. The maximum atomic E-state index is 13.0. The van der Waals surface area contributed by atoms with Crippen LogP contribution in [0, 0.1) is 12.8 Å². The van der Waals surface area contributed by atoms with Crippen LogP contribution >= 0.6 is 11.8 Å². The highest BCUT2D eigenvalue weighted by atomic mass is 32.2. The fourth-order valence-corrected chi connectivity index (χ4v) is 4.78. The van der Waals surface area contributed by atoms with Crippen molar-refractivity contribution in [3.63, 3.8) is 0 Å². The van der Waals surface area contributed by atoms with Crippen LogP contribution in [-0.2, 0) is 11.3 Å². The van der Waals surface area contributed by atoms with Gasteiger partial charge >= 0.3 is 0 Å². The standard InChI is InChI=1S/C21H32N4O2S/c1-5-16-8-6-7-10-24(16)18(26)13-28-21-23-17-12-15(4)22-19(17)20(27)25(21)11-9-14(2)3/h12,14,16,22H,5-11,13H2,1-4H3. The van der Waals surface area contributed by atoms with Crippen LogP contribution in [-0.4, -0.2) is 43.7 Å². The minimum atomic E-state index is -0.0434. The van der Waals surface area contributed by atoms with E-state index in [2.05, 4.69) is 25.8 Å². The lowest BCUT2D eigenvalue weighted by molar-refractivity contribution is -0.132. The molecule has 154 valence electrons. The summed E-state index contributed by atoms with van der Waals surface area (Å²) < 4.78 is 1.74. The molecule has 0 saturated carbocycles. The molecule has 1 fully saturated rings. The molecule has 0 aliphatic carbocycles. The Hall–Kier alpha value is -1.76. The number of aromatic amines is 1. The van der Waals surface area contributed by atoms with E-state index in [1.807, 2.05) is 17.9 Å². The summed E-state index contributed by atoms with van der Waals surface area (Å²) in [6.45, 7) is 9.84. The predicted octanol–water partition coefficient (Wildman–Crippen LogP) is 3.96. The molecule has 2 aromatic rings. The van der Waals surface area contributed by atoms with Crippen molar-refractivity contribution in [2.24, 2.45) is 5.92 Å². The van der Waals surface area contributed by atoms with E-state index in [4.69, 9.17) is 4.98 Å². The number of hydrogen-bond donors (Lipinski definition) is 1. The quantitative estimate of drug-likeness (QED) is 0.560. The second kappa shape index (κ2) is 9.16. The molecule has 1 atom stereocenters. The zero-order valence-electron chi connectivity index (χ0n) is 17.5. The largest absolute Gasteiger partial charge is 0.353 e. The van der Waals surface area contributed by atoms with Gasteiger partial charge in [0, 0.05) is 24.8 Å². The lowest BCUT2D eigenvalue weighted by Gasteiger charge is -2.35. The van der Waals surface area contributed by atoms with Crippen LogP contribution in [0.3, 0.4) is 0 Å². The summed E-state index contributed by atoms with van der Waals surface area (Å²) in [5, 5.41) is 0.649. The molecule has 28 heavy (non-hydrogen) atoms. The van der Waals surface area contributed by atoms with Crippen molar-refractivity contribution in [3.05, 3.63) is 22.1 Å². The van der Waals surface area contributed by atoms with E-state index in [-0.39, 0.29) is 11.5 Å².